The molecule has 132 valence electrons. The highest BCUT2D eigenvalue weighted by Gasteiger charge is 2.27. The van der Waals surface area contributed by atoms with Crippen LogP contribution in [0.3, 0.4) is 0 Å². The van der Waals surface area contributed by atoms with Gasteiger partial charge in [0.1, 0.15) is 13.2 Å². The quantitative estimate of drug-likeness (QED) is 0.908. The molecular formula is C18H21N3O3S. The van der Waals surface area contributed by atoms with E-state index in [-0.39, 0.29) is 5.91 Å². The van der Waals surface area contributed by atoms with Crippen LogP contribution in [0, 0.1) is 0 Å². The fourth-order valence-corrected chi connectivity index (χ4v) is 4.33. The number of hydrogen-bond donors (Lipinski definition) is 1. The molecular weight excluding hydrogens is 338 g/mol. The average Bonchev–Trinajstić information content (AvgIpc) is 3.24. The van der Waals surface area contributed by atoms with Gasteiger partial charge in [0.05, 0.1) is 0 Å². The lowest BCUT2D eigenvalue weighted by atomic mass is 10.0. The second-order valence-electron chi connectivity index (χ2n) is 6.34. The van der Waals surface area contributed by atoms with Crippen molar-refractivity contribution >= 4 is 22.4 Å². The zero-order chi connectivity index (χ0) is 17.2. The normalized spacial score (nSPS) is 19.8. The van der Waals surface area contributed by atoms with Crippen molar-refractivity contribution in [2.24, 2.45) is 0 Å². The summed E-state index contributed by atoms with van der Waals surface area (Å²) in [5.74, 6) is 1.60. The van der Waals surface area contributed by atoms with Gasteiger partial charge in [0, 0.05) is 30.6 Å². The third-order valence-corrected chi connectivity index (χ3v) is 5.41. The van der Waals surface area contributed by atoms with Gasteiger partial charge in [-0.2, -0.15) is 0 Å². The number of anilines is 1. The Morgan fingerprint density at radius 1 is 1.36 bits per heavy atom. The number of benzene rings is 1. The summed E-state index contributed by atoms with van der Waals surface area (Å²) in [6, 6.07) is 6.66. The van der Waals surface area contributed by atoms with Crippen molar-refractivity contribution in [1.29, 1.82) is 0 Å². The molecule has 2 aliphatic rings. The smallest absolute Gasteiger partial charge is 0.223 e. The van der Waals surface area contributed by atoms with Gasteiger partial charge in [-0.3, -0.25) is 9.69 Å². The van der Waals surface area contributed by atoms with Crippen LogP contribution in [0.15, 0.2) is 24.4 Å². The first-order valence-electron chi connectivity index (χ1n) is 8.55. The van der Waals surface area contributed by atoms with Crippen molar-refractivity contribution in [3.05, 3.63) is 34.8 Å². The topological polar surface area (TPSA) is 63.7 Å². The zero-order valence-corrected chi connectivity index (χ0v) is 15.0. The second-order valence-corrected chi connectivity index (χ2v) is 7.46. The molecule has 1 atom stereocenters. The highest BCUT2D eigenvalue weighted by molar-refractivity contribution is 7.15. The number of carbonyl (C=O) groups is 1. The van der Waals surface area contributed by atoms with Crippen molar-refractivity contribution in [2.75, 3.05) is 25.1 Å². The number of nitrogens with zero attached hydrogens (tertiary/aromatic N) is 2. The number of carbonyl (C=O) groups excluding carboxylic acids is 1. The Hall–Kier alpha value is -2.12. The molecule has 6 nitrogen and oxygen atoms in total. The highest BCUT2D eigenvalue weighted by Crippen LogP contribution is 2.39. The number of hydrogen-bond acceptors (Lipinski definition) is 6. The first-order chi connectivity index (χ1) is 12.2. The molecule has 1 amide bonds. The average molecular weight is 359 g/mol. The van der Waals surface area contributed by atoms with Crippen LogP contribution < -0.4 is 14.8 Å². The first-order valence-corrected chi connectivity index (χ1v) is 9.36. The van der Waals surface area contributed by atoms with Gasteiger partial charge in [-0.1, -0.05) is 6.07 Å². The summed E-state index contributed by atoms with van der Waals surface area (Å²) in [4.78, 5) is 19.1. The molecule has 0 spiro atoms. The van der Waals surface area contributed by atoms with E-state index >= 15 is 0 Å². The Kier molecular flexibility index (Phi) is 4.59. The maximum absolute atomic E-state index is 11.1. The standard InChI is InChI=1S/C18H21N3O3S/c1-12(22)20-18-19-10-14(25-18)11-21-6-2-3-15(21)13-4-5-16-17(9-13)24-8-7-23-16/h4-5,9-10,15H,2-3,6-8,11H2,1H3,(H,19,20,22)/t15-/m0/s1. The summed E-state index contributed by atoms with van der Waals surface area (Å²) in [5, 5.41) is 3.41. The molecule has 1 N–H and O–H groups in total. The summed E-state index contributed by atoms with van der Waals surface area (Å²) in [5.41, 5.74) is 1.27. The van der Waals surface area contributed by atoms with Crippen molar-refractivity contribution in [1.82, 2.24) is 9.88 Å². The SMILES string of the molecule is CC(=O)Nc1ncc(CN2CCC[C@H]2c2ccc3c(c2)OCCO3)s1. The van der Waals surface area contributed by atoms with Gasteiger partial charge in [0.15, 0.2) is 16.6 Å². The number of thiazole rings is 1. The van der Waals surface area contributed by atoms with Crippen LogP contribution in [0.4, 0.5) is 5.13 Å². The lowest BCUT2D eigenvalue weighted by Crippen LogP contribution is -2.22. The third kappa shape index (κ3) is 3.62. The van der Waals surface area contributed by atoms with Crippen LogP contribution in [-0.2, 0) is 11.3 Å². The van der Waals surface area contributed by atoms with Gasteiger partial charge in [0.25, 0.3) is 0 Å². The number of rotatable bonds is 4. The highest BCUT2D eigenvalue weighted by atomic mass is 32.1. The zero-order valence-electron chi connectivity index (χ0n) is 14.2. The van der Waals surface area contributed by atoms with Crippen molar-refractivity contribution in [3.8, 4) is 11.5 Å². The van der Waals surface area contributed by atoms with E-state index in [0.29, 0.717) is 24.4 Å². The lowest BCUT2D eigenvalue weighted by molar-refractivity contribution is -0.114. The van der Waals surface area contributed by atoms with Crippen LogP contribution in [0.25, 0.3) is 0 Å². The third-order valence-electron chi connectivity index (χ3n) is 4.51. The molecule has 0 bridgehead atoms. The van der Waals surface area contributed by atoms with E-state index in [1.165, 1.54) is 30.2 Å². The summed E-state index contributed by atoms with van der Waals surface area (Å²) in [6.45, 7) is 4.63. The Balaban J connectivity index is 1.49. The summed E-state index contributed by atoms with van der Waals surface area (Å²) in [7, 11) is 0. The fraction of sp³-hybridized carbons (Fsp3) is 0.444. The second kappa shape index (κ2) is 7.01. The van der Waals surface area contributed by atoms with Gasteiger partial charge in [-0.25, -0.2) is 4.98 Å². The minimum atomic E-state index is -0.0868. The first kappa shape index (κ1) is 16.4. The Morgan fingerprint density at radius 3 is 3.04 bits per heavy atom. The van der Waals surface area contributed by atoms with Crippen molar-refractivity contribution < 1.29 is 14.3 Å². The largest absolute Gasteiger partial charge is 0.486 e. The number of ether oxygens (including phenoxy) is 2. The molecule has 0 unspecified atom stereocenters. The van der Waals surface area contributed by atoms with Gasteiger partial charge in [-0.15, -0.1) is 11.3 Å². The van der Waals surface area contributed by atoms with E-state index in [9.17, 15) is 4.79 Å². The number of aromatic nitrogens is 1. The van der Waals surface area contributed by atoms with E-state index in [1.807, 2.05) is 12.3 Å². The summed E-state index contributed by atoms with van der Waals surface area (Å²) < 4.78 is 11.3. The van der Waals surface area contributed by atoms with Crippen LogP contribution in [0.5, 0.6) is 11.5 Å². The van der Waals surface area contributed by atoms with Crippen LogP contribution >= 0.6 is 11.3 Å². The molecule has 0 aliphatic carbocycles. The summed E-state index contributed by atoms with van der Waals surface area (Å²) in [6.07, 6.45) is 4.17. The van der Waals surface area contributed by atoms with E-state index in [1.54, 1.807) is 0 Å². The lowest BCUT2D eigenvalue weighted by Gasteiger charge is -2.26. The Morgan fingerprint density at radius 2 is 2.20 bits per heavy atom. The molecule has 2 aliphatic heterocycles. The maximum atomic E-state index is 11.1. The molecule has 3 heterocycles. The van der Waals surface area contributed by atoms with Gasteiger partial charge in [-0.05, 0) is 37.1 Å². The molecule has 7 heteroatoms. The molecule has 0 radical (unpaired) electrons. The molecule has 1 fully saturated rings. The van der Waals surface area contributed by atoms with Gasteiger partial charge in [0.2, 0.25) is 5.91 Å². The molecule has 0 saturated carbocycles. The minimum Gasteiger partial charge on any atom is -0.486 e. The predicted molar refractivity (Wildman–Crippen MR) is 96.2 cm³/mol. The van der Waals surface area contributed by atoms with Crippen molar-refractivity contribution in [3.63, 3.8) is 0 Å². The number of likely N-dealkylation sites (tertiary alicyclic amines) is 1. The predicted octanol–water partition coefficient (Wildman–Crippen LogP) is 3.21. The fourth-order valence-electron chi connectivity index (χ4n) is 3.45. The monoisotopic (exact) mass is 359 g/mol. The van der Waals surface area contributed by atoms with E-state index in [0.717, 1.165) is 35.9 Å². The van der Waals surface area contributed by atoms with E-state index < -0.39 is 0 Å². The van der Waals surface area contributed by atoms with Crippen LogP contribution in [0.2, 0.25) is 0 Å². The maximum Gasteiger partial charge on any atom is 0.223 e. The molecule has 4 rings (SSSR count). The van der Waals surface area contributed by atoms with Crippen molar-refractivity contribution in [2.45, 2.75) is 32.4 Å². The molecule has 25 heavy (non-hydrogen) atoms. The van der Waals surface area contributed by atoms with Gasteiger partial charge >= 0.3 is 0 Å². The molecule has 1 aromatic carbocycles. The molecule has 1 aromatic heterocycles. The molecule has 1 saturated heterocycles. The van der Waals surface area contributed by atoms with E-state index in [4.69, 9.17) is 9.47 Å². The van der Waals surface area contributed by atoms with Gasteiger partial charge < -0.3 is 14.8 Å². The molecule has 2 aromatic rings. The van der Waals surface area contributed by atoms with Crippen LogP contribution in [0.1, 0.15) is 36.2 Å². The number of amides is 1. The van der Waals surface area contributed by atoms with Crippen LogP contribution in [-0.4, -0.2) is 35.5 Å². The number of nitrogens with one attached hydrogen (secondary N) is 1. The Labute approximate surface area is 150 Å². The summed E-state index contributed by atoms with van der Waals surface area (Å²) >= 11 is 1.54. The van der Waals surface area contributed by atoms with E-state index in [2.05, 4.69) is 27.3 Å². The minimum absolute atomic E-state index is 0.0868. The number of fused-ring (bicyclic) bond motifs is 1. The Bertz CT molecular complexity index is 777.